The van der Waals surface area contributed by atoms with Crippen molar-refractivity contribution in [2.75, 3.05) is 13.7 Å². The Labute approximate surface area is 205 Å². The Morgan fingerprint density at radius 2 is 1.91 bits per heavy atom. The number of nitriles is 1. The molecule has 0 radical (unpaired) electrons. The Morgan fingerprint density at radius 1 is 1.11 bits per heavy atom. The lowest BCUT2D eigenvalue weighted by Gasteiger charge is -2.22. The molecule has 0 fully saturated rings. The summed E-state index contributed by atoms with van der Waals surface area (Å²) in [6, 6.07) is 21.4. The molecule has 0 saturated carbocycles. The molecule has 7 nitrogen and oxygen atoms in total. The van der Waals surface area contributed by atoms with E-state index in [1.807, 2.05) is 74.5 Å². The molecule has 1 amide bonds. The minimum atomic E-state index is -0.197. The molecular weight excluding hydrogens is 438 g/mol. The molecule has 2 aromatic carbocycles. The topological polar surface area (TPSA) is 84.0 Å². The van der Waals surface area contributed by atoms with Gasteiger partial charge in [0, 0.05) is 31.0 Å². The van der Waals surface area contributed by atoms with Gasteiger partial charge in [0.1, 0.15) is 11.4 Å². The molecular formula is C28H27N5O2. The van der Waals surface area contributed by atoms with Crippen molar-refractivity contribution in [3.05, 3.63) is 95.4 Å². The minimum absolute atomic E-state index is 0.197. The summed E-state index contributed by atoms with van der Waals surface area (Å²) in [5, 5.41) is 14.1. The molecule has 0 bridgehead atoms. The Hall–Kier alpha value is -4.44. The molecule has 0 saturated heterocycles. The highest BCUT2D eigenvalue weighted by Gasteiger charge is 2.24. The number of nitrogens with zero attached hydrogens (tertiary/aromatic N) is 5. The van der Waals surface area contributed by atoms with Gasteiger partial charge < -0.3 is 9.64 Å². The Kier molecular flexibility index (Phi) is 7.22. The van der Waals surface area contributed by atoms with Crippen molar-refractivity contribution >= 4 is 5.91 Å². The van der Waals surface area contributed by atoms with Gasteiger partial charge in [0.2, 0.25) is 0 Å². The zero-order valence-electron chi connectivity index (χ0n) is 20.1. The van der Waals surface area contributed by atoms with Crippen molar-refractivity contribution in [3.8, 4) is 28.8 Å². The van der Waals surface area contributed by atoms with Crippen LogP contribution in [0.3, 0.4) is 0 Å². The van der Waals surface area contributed by atoms with E-state index in [-0.39, 0.29) is 12.3 Å². The van der Waals surface area contributed by atoms with Gasteiger partial charge in [-0.1, -0.05) is 18.2 Å². The quantitative estimate of drug-likeness (QED) is 0.361. The van der Waals surface area contributed by atoms with E-state index in [1.165, 1.54) is 0 Å². The van der Waals surface area contributed by atoms with Crippen LogP contribution in [0, 0.1) is 25.2 Å². The molecule has 2 heterocycles. The van der Waals surface area contributed by atoms with Gasteiger partial charge in [-0.15, -0.1) is 0 Å². The summed E-state index contributed by atoms with van der Waals surface area (Å²) in [4.78, 5) is 19.7. The van der Waals surface area contributed by atoms with E-state index in [0.717, 1.165) is 33.7 Å². The molecule has 0 spiro atoms. The second-order valence-electron chi connectivity index (χ2n) is 8.34. The number of hydrogen-bond donors (Lipinski definition) is 0. The molecule has 0 aliphatic rings. The number of pyridine rings is 1. The van der Waals surface area contributed by atoms with Gasteiger partial charge in [-0.2, -0.15) is 10.4 Å². The number of amides is 1. The average molecular weight is 466 g/mol. The normalized spacial score (nSPS) is 10.6. The van der Waals surface area contributed by atoms with Crippen molar-refractivity contribution < 1.29 is 9.53 Å². The summed E-state index contributed by atoms with van der Waals surface area (Å²) in [5.41, 5.74) is 5.80. The first-order chi connectivity index (χ1) is 17.0. The number of rotatable bonds is 8. The molecule has 0 N–H and O–H groups in total. The fraction of sp³-hybridized carbons (Fsp3) is 0.214. The summed E-state index contributed by atoms with van der Waals surface area (Å²) in [5.74, 6) is 0.551. The standard InChI is InChI=1S/C28H27N5O2/c1-20-7-8-21(2)26(16-20)33-27(17-25(31-33)23-9-11-24(35-3)12-10-23)28(34)32(15-5-13-29)19-22-6-4-14-30-18-22/h4,6-12,14,16-18H,5,15,19H2,1-3H3. The van der Waals surface area contributed by atoms with Crippen LogP contribution < -0.4 is 4.74 Å². The van der Waals surface area contributed by atoms with E-state index in [4.69, 9.17) is 9.84 Å². The van der Waals surface area contributed by atoms with E-state index in [2.05, 4.69) is 11.1 Å². The lowest BCUT2D eigenvalue weighted by molar-refractivity contribution is 0.0737. The molecule has 2 aromatic heterocycles. The maximum absolute atomic E-state index is 13.9. The highest BCUT2D eigenvalue weighted by molar-refractivity contribution is 5.94. The number of aryl methyl sites for hydroxylation is 2. The van der Waals surface area contributed by atoms with Gasteiger partial charge in [0.25, 0.3) is 5.91 Å². The summed E-state index contributed by atoms with van der Waals surface area (Å²) in [7, 11) is 1.62. The molecule has 0 unspecified atom stereocenters. The predicted octanol–water partition coefficient (Wildman–Crippen LogP) is 5.12. The summed E-state index contributed by atoms with van der Waals surface area (Å²) in [6.07, 6.45) is 3.66. The molecule has 0 aliphatic heterocycles. The maximum atomic E-state index is 13.9. The zero-order chi connectivity index (χ0) is 24.8. The number of carbonyl (C=O) groups is 1. The van der Waals surface area contributed by atoms with E-state index in [9.17, 15) is 10.1 Å². The lowest BCUT2D eigenvalue weighted by Crippen LogP contribution is -2.33. The first kappa shape index (κ1) is 23.7. The van der Waals surface area contributed by atoms with Crippen LogP contribution in [0.15, 0.2) is 73.1 Å². The van der Waals surface area contributed by atoms with Crippen LogP contribution in [0.4, 0.5) is 0 Å². The summed E-state index contributed by atoms with van der Waals surface area (Å²) in [6.45, 7) is 4.67. The number of aromatic nitrogens is 3. The third kappa shape index (κ3) is 5.39. The molecule has 4 aromatic rings. The van der Waals surface area contributed by atoms with Gasteiger partial charge in [0.15, 0.2) is 0 Å². The van der Waals surface area contributed by atoms with Crippen molar-refractivity contribution in [1.29, 1.82) is 5.26 Å². The lowest BCUT2D eigenvalue weighted by atomic mass is 10.1. The van der Waals surface area contributed by atoms with E-state index < -0.39 is 0 Å². The summed E-state index contributed by atoms with van der Waals surface area (Å²) >= 11 is 0. The van der Waals surface area contributed by atoms with Gasteiger partial charge >= 0.3 is 0 Å². The van der Waals surface area contributed by atoms with Crippen LogP contribution in [-0.4, -0.2) is 39.2 Å². The molecule has 35 heavy (non-hydrogen) atoms. The SMILES string of the molecule is COc1ccc(-c2cc(C(=O)N(CCC#N)Cc3cccnc3)n(-c3cc(C)ccc3C)n2)cc1. The number of benzene rings is 2. The first-order valence-electron chi connectivity index (χ1n) is 11.4. The third-order valence-corrected chi connectivity index (χ3v) is 5.78. The summed E-state index contributed by atoms with van der Waals surface area (Å²) < 4.78 is 6.99. The second kappa shape index (κ2) is 10.7. The monoisotopic (exact) mass is 465 g/mol. The number of methoxy groups -OCH3 is 1. The highest BCUT2D eigenvalue weighted by Crippen LogP contribution is 2.27. The fourth-order valence-corrected chi connectivity index (χ4v) is 3.88. The maximum Gasteiger partial charge on any atom is 0.272 e. The van der Waals surface area contributed by atoms with Crippen LogP contribution in [0.5, 0.6) is 5.75 Å². The Morgan fingerprint density at radius 3 is 2.60 bits per heavy atom. The largest absolute Gasteiger partial charge is 0.497 e. The van der Waals surface area contributed by atoms with Crippen LogP contribution in [-0.2, 0) is 6.54 Å². The van der Waals surface area contributed by atoms with Crippen molar-refractivity contribution in [3.63, 3.8) is 0 Å². The van der Waals surface area contributed by atoms with Crippen LogP contribution >= 0.6 is 0 Å². The van der Waals surface area contributed by atoms with Crippen LogP contribution in [0.2, 0.25) is 0 Å². The van der Waals surface area contributed by atoms with Gasteiger partial charge in [-0.3, -0.25) is 9.78 Å². The predicted molar refractivity (Wildman–Crippen MR) is 134 cm³/mol. The van der Waals surface area contributed by atoms with Crippen molar-refractivity contribution in [2.24, 2.45) is 0 Å². The smallest absolute Gasteiger partial charge is 0.272 e. The average Bonchev–Trinajstić information content (AvgIpc) is 3.33. The fourth-order valence-electron chi connectivity index (χ4n) is 3.88. The molecule has 176 valence electrons. The first-order valence-corrected chi connectivity index (χ1v) is 11.4. The highest BCUT2D eigenvalue weighted by atomic mass is 16.5. The number of ether oxygens (including phenoxy) is 1. The van der Waals surface area contributed by atoms with E-state index in [0.29, 0.717) is 24.5 Å². The van der Waals surface area contributed by atoms with Crippen LogP contribution in [0.25, 0.3) is 16.9 Å². The molecule has 0 aliphatic carbocycles. The Bertz CT molecular complexity index is 1350. The molecule has 7 heteroatoms. The van der Waals surface area contributed by atoms with E-state index >= 15 is 0 Å². The molecule has 4 rings (SSSR count). The second-order valence-corrected chi connectivity index (χ2v) is 8.34. The minimum Gasteiger partial charge on any atom is -0.497 e. The van der Waals surface area contributed by atoms with Gasteiger partial charge in [-0.25, -0.2) is 4.68 Å². The third-order valence-electron chi connectivity index (χ3n) is 5.78. The number of hydrogen-bond acceptors (Lipinski definition) is 5. The van der Waals surface area contributed by atoms with Gasteiger partial charge in [-0.05, 0) is 73.0 Å². The van der Waals surface area contributed by atoms with E-state index in [1.54, 1.807) is 29.1 Å². The Balaban J connectivity index is 1.81. The number of carbonyl (C=O) groups excluding carboxylic acids is 1. The molecule has 0 atom stereocenters. The van der Waals surface area contributed by atoms with Crippen LogP contribution in [0.1, 0.15) is 33.6 Å². The zero-order valence-corrected chi connectivity index (χ0v) is 20.1. The van der Waals surface area contributed by atoms with Gasteiger partial charge in [0.05, 0.1) is 31.0 Å². The van der Waals surface area contributed by atoms with Crippen molar-refractivity contribution in [1.82, 2.24) is 19.7 Å². The van der Waals surface area contributed by atoms with Crippen molar-refractivity contribution in [2.45, 2.75) is 26.8 Å².